The number of rotatable bonds is 40. The molecule has 348 valence electrons. The standard InChI is InChI=1S/C48H91NO10/c1-3-5-7-9-11-13-15-17-18-19-20-21-22-23-24-26-28-30-32-34-36-41(52)47(57)49-39(38-58-48-46(56)45(55)44(54)42(37-50)59-48)43(53)40(51)35-33-31-29-27-25-16-14-12-10-8-6-4-2/h17-18,31,33,39-46,48,50-56H,3-16,19-30,32,34-38H2,1-2H3,(H,49,57)/b18-17-,33-31+/t39-,40+,41+,42+,43-,44-,45-,46+,48+/m0/s1. The van der Waals surface area contributed by atoms with Gasteiger partial charge in [0.15, 0.2) is 6.29 Å². The second-order valence-corrected chi connectivity index (χ2v) is 17.2. The lowest BCUT2D eigenvalue weighted by atomic mass is 9.99. The Hall–Kier alpha value is -1.41. The number of hydrogen-bond donors (Lipinski definition) is 8. The number of ether oxygens (including phenoxy) is 2. The van der Waals surface area contributed by atoms with Crippen LogP contribution in [0, 0.1) is 0 Å². The molecular weight excluding hydrogens is 751 g/mol. The van der Waals surface area contributed by atoms with Crippen molar-refractivity contribution in [3.63, 3.8) is 0 Å². The van der Waals surface area contributed by atoms with Gasteiger partial charge in [-0.1, -0.05) is 179 Å². The summed E-state index contributed by atoms with van der Waals surface area (Å²) in [6.07, 6.45) is 31.0. The number of amides is 1. The van der Waals surface area contributed by atoms with Crippen molar-refractivity contribution >= 4 is 5.91 Å². The van der Waals surface area contributed by atoms with E-state index in [4.69, 9.17) is 9.47 Å². The Morgan fingerprint density at radius 2 is 1.02 bits per heavy atom. The fraction of sp³-hybridized carbons (Fsp3) is 0.896. The van der Waals surface area contributed by atoms with Crippen molar-refractivity contribution in [3.8, 4) is 0 Å². The quantitative estimate of drug-likeness (QED) is 0.0221. The zero-order valence-electron chi connectivity index (χ0n) is 37.5. The van der Waals surface area contributed by atoms with Crippen LogP contribution in [-0.4, -0.2) is 110 Å². The van der Waals surface area contributed by atoms with E-state index >= 15 is 0 Å². The van der Waals surface area contributed by atoms with Gasteiger partial charge in [-0.3, -0.25) is 4.79 Å². The topological polar surface area (TPSA) is 189 Å². The highest BCUT2D eigenvalue weighted by Crippen LogP contribution is 2.23. The maximum atomic E-state index is 13.1. The van der Waals surface area contributed by atoms with Gasteiger partial charge in [0.1, 0.15) is 36.6 Å². The third-order valence-electron chi connectivity index (χ3n) is 11.7. The van der Waals surface area contributed by atoms with Crippen molar-refractivity contribution in [2.24, 2.45) is 0 Å². The summed E-state index contributed by atoms with van der Waals surface area (Å²) in [5, 5.41) is 75.6. The third-order valence-corrected chi connectivity index (χ3v) is 11.7. The van der Waals surface area contributed by atoms with Crippen LogP contribution in [0.4, 0.5) is 0 Å². The molecular formula is C48H91NO10. The van der Waals surface area contributed by atoms with Crippen molar-refractivity contribution in [1.82, 2.24) is 5.32 Å². The van der Waals surface area contributed by atoms with Gasteiger partial charge in [-0.25, -0.2) is 0 Å². The minimum atomic E-state index is -1.67. The van der Waals surface area contributed by atoms with E-state index in [2.05, 4.69) is 31.3 Å². The molecule has 9 atom stereocenters. The fourth-order valence-electron chi connectivity index (χ4n) is 7.67. The van der Waals surface area contributed by atoms with Crippen LogP contribution in [0.5, 0.6) is 0 Å². The summed E-state index contributed by atoms with van der Waals surface area (Å²) in [5.41, 5.74) is 0. The maximum absolute atomic E-state index is 13.1. The van der Waals surface area contributed by atoms with Crippen molar-refractivity contribution in [1.29, 1.82) is 0 Å². The predicted molar refractivity (Wildman–Crippen MR) is 238 cm³/mol. The molecule has 1 aliphatic heterocycles. The van der Waals surface area contributed by atoms with Crippen molar-refractivity contribution < 1.29 is 50.0 Å². The van der Waals surface area contributed by atoms with Gasteiger partial charge in [-0.15, -0.1) is 0 Å². The summed E-state index contributed by atoms with van der Waals surface area (Å²) in [5.74, 6) is -0.715. The Labute approximate surface area is 359 Å². The zero-order valence-corrected chi connectivity index (χ0v) is 37.5. The van der Waals surface area contributed by atoms with Crippen LogP contribution < -0.4 is 5.32 Å². The predicted octanol–water partition coefficient (Wildman–Crippen LogP) is 8.23. The summed E-state index contributed by atoms with van der Waals surface area (Å²) in [6, 6.07) is -1.20. The first-order valence-corrected chi connectivity index (χ1v) is 24.2. The SMILES string of the molecule is CCCCCCCC/C=C\CCCCCCCCCCCC[C@@H](O)C(=O)N[C@@H](CO[C@@H]1O[C@H](CO)[C@H](O)[C@H](O)[C@H]1O)[C@H](O)[C@H](O)C/C=C/CCCCCCCCCCC. The largest absolute Gasteiger partial charge is 0.394 e. The molecule has 59 heavy (non-hydrogen) atoms. The van der Waals surface area contributed by atoms with E-state index in [9.17, 15) is 40.5 Å². The first-order valence-electron chi connectivity index (χ1n) is 24.2. The second-order valence-electron chi connectivity index (χ2n) is 17.2. The molecule has 1 aliphatic rings. The molecule has 11 nitrogen and oxygen atoms in total. The lowest BCUT2D eigenvalue weighted by Crippen LogP contribution is -2.60. The van der Waals surface area contributed by atoms with Gasteiger partial charge in [0.05, 0.1) is 25.4 Å². The second kappa shape index (κ2) is 38.3. The average molecular weight is 842 g/mol. The minimum absolute atomic E-state index is 0.130. The van der Waals surface area contributed by atoms with Gasteiger partial charge in [0.25, 0.3) is 0 Å². The first kappa shape index (κ1) is 55.6. The Morgan fingerprint density at radius 1 is 0.593 bits per heavy atom. The zero-order chi connectivity index (χ0) is 43.4. The molecule has 0 aromatic carbocycles. The van der Waals surface area contributed by atoms with E-state index < -0.39 is 74.2 Å². The number of carbonyl (C=O) groups excluding carboxylic acids is 1. The number of hydrogen-bond acceptors (Lipinski definition) is 10. The highest BCUT2D eigenvalue weighted by Gasteiger charge is 2.44. The lowest BCUT2D eigenvalue weighted by Gasteiger charge is -2.40. The monoisotopic (exact) mass is 842 g/mol. The molecule has 0 aliphatic carbocycles. The van der Waals surface area contributed by atoms with Crippen LogP contribution in [0.25, 0.3) is 0 Å². The molecule has 8 N–H and O–H groups in total. The van der Waals surface area contributed by atoms with Crippen LogP contribution in [-0.2, 0) is 14.3 Å². The molecule has 11 heteroatoms. The smallest absolute Gasteiger partial charge is 0.249 e. The van der Waals surface area contributed by atoms with Crippen LogP contribution in [0.2, 0.25) is 0 Å². The molecule has 1 rings (SSSR count). The van der Waals surface area contributed by atoms with Gasteiger partial charge in [-0.2, -0.15) is 0 Å². The van der Waals surface area contributed by atoms with Crippen LogP contribution in [0.1, 0.15) is 206 Å². The van der Waals surface area contributed by atoms with Crippen molar-refractivity contribution in [2.45, 2.75) is 262 Å². The van der Waals surface area contributed by atoms with Crippen molar-refractivity contribution in [2.75, 3.05) is 13.2 Å². The molecule has 1 heterocycles. The average Bonchev–Trinajstić information content (AvgIpc) is 3.23. The number of allylic oxidation sites excluding steroid dienone is 3. The summed E-state index contributed by atoms with van der Waals surface area (Å²) < 4.78 is 11.1. The van der Waals surface area contributed by atoms with E-state index in [1.165, 1.54) is 135 Å². The summed E-state index contributed by atoms with van der Waals surface area (Å²) in [4.78, 5) is 13.1. The Bertz CT molecular complexity index is 1010. The molecule has 1 saturated heterocycles. The molecule has 0 saturated carbocycles. The molecule has 0 bridgehead atoms. The van der Waals surface area contributed by atoms with E-state index in [-0.39, 0.29) is 12.8 Å². The molecule has 0 unspecified atom stereocenters. The van der Waals surface area contributed by atoms with Gasteiger partial charge < -0.3 is 50.5 Å². The summed E-state index contributed by atoms with van der Waals surface area (Å²) >= 11 is 0. The van der Waals surface area contributed by atoms with Crippen molar-refractivity contribution in [3.05, 3.63) is 24.3 Å². The van der Waals surface area contributed by atoms with Gasteiger partial charge in [0.2, 0.25) is 5.91 Å². The van der Waals surface area contributed by atoms with Crippen LogP contribution in [0.15, 0.2) is 24.3 Å². The number of unbranched alkanes of at least 4 members (excludes halogenated alkanes) is 25. The lowest BCUT2D eigenvalue weighted by molar-refractivity contribution is -0.303. The van der Waals surface area contributed by atoms with E-state index in [1.54, 1.807) is 0 Å². The van der Waals surface area contributed by atoms with Crippen LogP contribution >= 0.6 is 0 Å². The number of nitrogens with one attached hydrogen (secondary N) is 1. The Balaban J connectivity index is 2.41. The highest BCUT2D eigenvalue weighted by atomic mass is 16.7. The normalized spacial score (nSPS) is 21.9. The Morgan fingerprint density at radius 3 is 1.47 bits per heavy atom. The Kier molecular flexibility index (Phi) is 36.1. The molecule has 0 radical (unpaired) electrons. The number of carbonyl (C=O) groups is 1. The number of aliphatic hydroxyl groups excluding tert-OH is 7. The molecule has 0 spiro atoms. The van der Waals surface area contributed by atoms with Gasteiger partial charge >= 0.3 is 0 Å². The van der Waals surface area contributed by atoms with Gasteiger partial charge in [0, 0.05) is 0 Å². The molecule has 0 aromatic rings. The highest BCUT2D eigenvalue weighted by molar-refractivity contribution is 5.80. The fourth-order valence-corrected chi connectivity index (χ4v) is 7.67. The van der Waals surface area contributed by atoms with E-state index in [0.29, 0.717) is 6.42 Å². The minimum Gasteiger partial charge on any atom is -0.394 e. The number of aliphatic hydroxyl groups is 7. The van der Waals surface area contributed by atoms with E-state index in [1.807, 2.05) is 12.2 Å². The van der Waals surface area contributed by atoms with Crippen LogP contribution in [0.3, 0.4) is 0 Å². The summed E-state index contributed by atoms with van der Waals surface area (Å²) in [7, 11) is 0. The molecule has 1 amide bonds. The first-order chi connectivity index (χ1) is 28.7. The molecule has 0 aromatic heterocycles. The summed E-state index contributed by atoms with van der Waals surface area (Å²) in [6.45, 7) is 3.40. The van der Waals surface area contributed by atoms with Gasteiger partial charge in [-0.05, 0) is 51.4 Å². The molecule has 1 fully saturated rings. The van der Waals surface area contributed by atoms with E-state index in [0.717, 1.165) is 38.5 Å². The maximum Gasteiger partial charge on any atom is 0.249 e. The third kappa shape index (κ3) is 28.0.